The fraction of sp³-hybridized carbons (Fsp3) is 0.474. The van der Waals surface area contributed by atoms with E-state index in [2.05, 4.69) is 11.8 Å². The van der Waals surface area contributed by atoms with Crippen molar-refractivity contribution in [3.8, 4) is 0 Å². The molecule has 1 saturated heterocycles. The van der Waals surface area contributed by atoms with Gasteiger partial charge in [0.1, 0.15) is 6.54 Å². The van der Waals surface area contributed by atoms with Gasteiger partial charge < -0.3 is 9.47 Å². The maximum absolute atomic E-state index is 12.7. The molecule has 0 unspecified atom stereocenters. The van der Waals surface area contributed by atoms with E-state index in [0.29, 0.717) is 5.39 Å². The van der Waals surface area contributed by atoms with Gasteiger partial charge in [-0.3, -0.25) is 14.5 Å². The van der Waals surface area contributed by atoms with E-state index in [0.717, 1.165) is 50.2 Å². The molecule has 2 aromatic rings. The second-order valence-electron chi connectivity index (χ2n) is 6.49. The number of hydrogen-bond acceptors (Lipinski definition) is 3. The van der Waals surface area contributed by atoms with Crippen LogP contribution in [0.1, 0.15) is 19.0 Å². The molecule has 1 fully saturated rings. The first-order valence-corrected chi connectivity index (χ1v) is 8.69. The number of rotatable bonds is 4. The van der Waals surface area contributed by atoms with Crippen molar-refractivity contribution in [2.45, 2.75) is 26.8 Å². The molecular weight excluding hydrogens is 302 g/mol. The number of pyridine rings is 1. The van der Waals surface area contributed by atoms with E-state index in [9.17, 15) is 9.59 Å². The third-order valence-electron chi connectivity index (χ3n) is 4.78. The highest BCUT2D eigenvalue weighted by atomic mass is 16.2. The Bertz CT molecular complexity index is 789. The van der Waals surface area contributed by atoms with Crippen LogP contribution in [0, 0.1) is 6.92 Å². The number of hydrogen-bond donors (Lipinski definition) is 0. The molecule has 0 aliphatic carbocycles. The van der Waals surface area contributed by atoms with E-state index in [4.69, 9.17) is 0 Å². The molecule has 1 aromatic heterocycles. The fourth-order valence-corrected chi connectivity index (χ4v) is 3.40. The van der Waals surface area contributed by atoms with Crippen LogP contribution < -0.4 is 5.56 Å². The summed E-state index contributed by atoms with van der Waals surface area (Å²) in [5, 5.41) is 1.60. The van der Waals surface area contributed by atoms with Gasteiger partial charge in [-0.1, -0.05) is 25.1 Å². The van der Waals surface area contributed by atoms with Gasteiger partial charge in [0.15, 0.2) is 0 Å². The second kappa shape index (κ2) is 7.18. The first-order chi connectivity index (χ1) is 11.6. The first kappa shape index (κ1) is 16.7. The lowest BCUT2D eigenvalue weighted by Gasteiger charge is -2.34. The standard InChI is InChI=1S/C19H25N3O2/c1-3-8-20-9-11-21(12-10-20)18(23)14-22-15(2)13-16-6-4-5-7-17(16)19(22)24/h4-7,13H,3,8-12,14H2,1-2H3. The van der Waals surface area contributed by atoms with Gasteiger partial charge in [0.25, 0.3) is 5.56 Å². The van der Waals surface area contributed by atoms with Gasteiger partial charge in [0.05, 0.1) is 0 Å². The summed E-state index contributed by atoms with van der Waals surface area (Å²) in [4.78, 5) is 29.6. The number of carbonyl (C=O) groups is 1. The van der Waals surface area contributed by atoms with E-state index in [1.165, 1.54) is 0 Å². The van der Waals surface area contributed by atoms with Gasteiger partial charge in [-0.2, -0.15) is 0 Å². The summed E-state index contributed by atoms with van der Waals surface area (Å²) in [6, 6.07) is 9.51. The molecule has 1 aliphatic rings. The molecule has 0 spiro atoms. The molecule has 0 N–H and O–H groups in total. The molecule has 0 bridgehead atoms. The Kier molecular flexibility index (Phi) is 5.00. The maximum Gasteiger partial charge on any atom is 0.259 e. The average molecular weight is 327 g/mol. The van der Waals surface area contributed by atoms with Crippen molar-refractivity contribution in [1.82, 2.24) is 14.4 Å². The Hall–Kier alpha value is -2.14. The summed E-state index contributed by atoms with van der Waals surface area (Å²) in [5.74, 6) is 0.0339. The van der Waals surface area contributed by atoms with E-state index in [1.807, 2.05) is 42.2 Å². The SMILES string of the molecule is CCCN1CCN(C(=O)Cn2c(C)cc3ccccc3c2=O)CC1. The molecular formula is C19H25N3O2. The van der Waals surface area contributed by atoms with Gasteiger partial charge in [-0.05, 0) is 37.4 Å². The number of aryl methyl sites for hydroxylation is 1. The van der Waals surface area contributed by atoms with E-state index in [1.54, 1.807) is 4.57 Å². The van der Waals surface area contributed by atoms with Crippen LogP contribution in [-0.4, -0.2) is 53.0 Å². The van der Waals surface area contributed by atoms with Gasteiger partial charge in [-0.25, -0.2) is 0 Å². The predicted octanol–water partition coefficient (Wildman–Crippen LogP) is 1.86. The lowest BCUT2D eigenvalue weighted by atomic mass is 10.1. The highest BCUT2D eigenvalue weighted by Crippen LogP contribution is 2.12. The van der Waals surface area contributed by atoms with Crippen molar-refractivity contribution in [1.29, 1.82) is 0 Å². The smallest absolute Gasteiger partial charge is 0.259 e. The van der Waals surface area contributed by atoms with Crippen LogP contribution in [0.3, 0.4) is 0 Å². The summed E-state index contributed by atoms with van der Waals surface area (Å²) in [6.45, 7) is 8.62. The topological polar surface area (TPSA) is 45.5 Å². The number of piperazine rings is 1. The van der Waals surface area contributed by atoms with E-state index < -0.39 is 0 Å². The molecule has 0 saturated carbocycles. The largest absolute Gasteiger partial charge is 0.339 e. The number of amides is 1. The Balaban J connectivity index is 1.76. The number of aromatic nitrogens is 1. The molecule has 0 atom stereocenters. The molecule has 1 amide bonds. The molecule has 5 heteroatoms. The van der Waals surface area contributed by atoms with Crippen LogP contribution >= 0.6 is 0 Å². The minimum absolute atomic E-state index is 0.0339. The van der Waals surface area contributed by atoms with E-state index >= 15 is 0 Å². The summed E-state index contributed by atoms with van der Waals surface area (Å²) in [7, 11) is 0. The van der Waals surface area contributed by atoms with Crippen molar-refractivity contribution in [2.24, 2.45) is 0 Å². The third kappa shape index (κ3) is 3.36. The van der Waals surface area contributed by atoms with Gasteiger partial charge in [0.2, 0.25) is 5.91 Å². The lowest BCUT2D eigenvalue weighted by molar-refractivity contribution is -0.133. The van der Waals surface area contributed by atoms with Crippen LogP contribution in [0.25, 0.3) is 10.8 Å². The first-order valence-electron chi connectivity index (χ1n) is 8.69. The highest BCUT2D eigenvalue weighted by molar-refractivity contribution is 5.82. The number of benzene rings is 1. The number of nitrogens with zero attached hydrogens (tertiary/aromatic N) is 3. The van der Waals surface area contributed by atoms with Crippen LogP contribution in [0.15, 0.2) is 35.1 Å². The minimum atomic E-state index is -0.0800. The van der Waals surface area contributed by atoms with Crippen LogP contribution in [-0.2, 0) is 11.3 Å². The Morgan fingerprint density at radius 3 is 2.54 bits per heavy atom. The predicted molar refractivity (Wildman–Crippen MR) is 96.3 cm³/mol. The normalized spacial score (nSPS) is 15.8. The van der Waals surface area contributed by atoms with Crippen molar-refractivity contribution in [3.05, 3.63) is 46.4 Å². The van der Waals surface area contributed by atoms with Gasteiger partial charge >= 0.3 is 0 Å². The average Bonchev–Trinajstić information content (AvgIpc) is 2.59. The summed E-state index contributed by atoms with van der Waals surface area (Å²) >= 11 is 0. The summed E-state index contributed by atoms with van der Waals surface area (Å²) in [5.41, 5.74) is 0.750. The summed E-state index contributed by atoms with van der Waals surface area (Å²) in [6.07, 6.45) is 1.14. The molecule has 0 radical (unpaired) electrons. The van der Waals surface area contributed by atoms with Crippen molar-refractivity contribution in [3.63, 3.8) is 0 Å². The fourth-order valence-electron chi connectivity index (χ4n) is 3.40. The molecule has 3 rings (SSSR count). The Morgan fingerprint density at radius 1 is 1.12 bits per heavy atom. The van der Waals surface area contributed by atoms with Crippen LogP contribution in [0.5, 0.6) is 0 Å². The van der Waals surface area contributed by atoms with E-state index in [-0.39, 0.29) is 18.0 Å². The molecule has 128 valence electrons. The monoisotopic (exact) mass is 327 g/mol. The second-order valence-corrected chi connectivity index (χ2v) is 6.49. The van der Waals surface area contributed by atoms with Gasteiger partial charge in [-0.15, -0.1) is 0 Å². The van der Waals surface area contributed by atoms with Gasteiger partial charge in [0, 0.05) is 37.3 Å². The highest BCUT2D eigenvalue weighted by Gasteiger charge is 2.21. The molecule has 24 heavy (non-hydrogen) atoms. The van der Waals surface area contributed by atoms with Crippen molar-refractivity contribution in [2.75, 3.05) is 32.7 Å². The molecule has 5 nitrogen and oxygen atoms in total. The van der Waals surface area contributed by atoms with Crippen LogP contribution in [0.4, 0.5) is 0 Å². The Labute approximate surface area is 142 Å². The lowest BCUT2D eigenvalue weighted by Crippen LogP contribution is -2.50. The number of fused-ring (bicyclic) bond motifs is 1. The van der Waals surface area contributed by atoms with Crippen LogP contribution in [0.2, 0.25) is 0 Å². The quantitative estimate of drug-likeness (QED) is 0.861. The summed E-state index contributed by atoms with van der Waals surface area (Å²) < 4.78 is 1.60. The molecule has 2 heterocycles. The maximum atomic E-state index is 12.7. The van der Waals surface area contributed by atoms with Crippen molar-refractivity contribution >= 4 is 16.7 Å². The van der Waals surface area contributed by atoms with Crippen molar-refractivity contribution < 1.29 is 4.79 Å². The minimum Gasteiger partial charge on any atom is -0.339 e. The zero-order valence-electron chi connectivity index (χ0n) is 14.5. The zero-order chi connectivity index (χ0) is 17.1. The molecule has 1 aromatic carbocycles. The third-order valence-corrected chi connectivity index (χ3v) is 4.78. The Morgan fingerprint density at radius 2 is 1.83 bits per heavy atom. The zero-order valence-corrected chi connectivity index (χ0v) is 14.5. The number of carbonyl (C=O) groups excluding carboxylic acids is 1. The molecule has 1 aliphatic heterocycles.